The second kappa shape index (κ2) is 2.50. The van der Waals surface area contributed by atoms with Crippen molar-refractivity contribution in [3.05, 3.63) is 12.0 Å². The minimum atomic E-state index is 0.145. The van der Waals surface area contributed by atoms with Crippen molar-refractivity contribution in [1.82, 2.24) is 10.8 Å². The topological polar surface area (TPSA) is 60.4 Å². The van der Waals surface area contributed by atoms with Crippen LogP contribution in [0.25, 0.3) is 0 Å². The molecule has 1 rings (SSSR count). The van der Waals surface area contributed by atoms with Crippen LogP contribution in [0, 0.1) is 0 Å². The number of oxazole rings is 1. The lowest BCUT2D eigenvalue weighted by Gasteiger charge is -1.81. The molecule has 0 atom stereocenters. The number of hydrogen-bond donors (Lipinski definition) is 1. The molecule has 2 radical (unpaired) electrons. The van der Waals surface area contributed by atoms with E-state index in [0.29, 0.717) is 0 Å². The molecule has 0 aliphatic rings. The summed E-state index contributed by atoms with van der Waals surface area (Å²) in [6.45, 7) is 1.96. The predicted molar refractivity (Wildman–Crippen MR) is 31.6 cm³/mol. The van der Waals surface area contributed by atoms with Crippen LogP contribution in [0.3, 0.4) is 0 Å². The molecule has 0 saturated carbocycles. The summed E-state index contributed by atoms with van der Waals surface area (Å²) in [5.74, 6) is 8.24. The monoisotopic (exact) mass is 125 g/mol. The molecule has 48 valence electrons. The molecule has 0 aliphatic carbocycles. The van der Waals surface area contributed by atoms with Gasteiger partial charge in [-0.05, 0) is 12.3 Å². The van der Waals surface area contributed by atoms with Crippen LogP contribution in [0.4, 0.5) is 6.01 Å². The molecule has 1 aromatic rings. The Labute approximate surface area is 53.0 Å². The molecule has 4 nitrogen and oxygen atoms in total. The highest BCUT2D eigenvalue weighted by molar-refractivity contribution is 5.17. The van der Waals surface area contributed by atoms with Crippen molar-refractivity contribution in [2.75, 3.05) is 5.43 Å². The minimum absolute atomic E-state index is 0.145. The Morgan fingerprint density at radius 1 is 1.89 bits per heavy atom. The van der Waals surface area contributed by atoms with Crippen LogP contribution in [0.15, 0.2) is 10.7 Å². The van der Waals surface area contributed by atoms with Gasteiger partial charge in [-0.2, -0.15) is 4.98 Å². The summed E-state index contributed by atoms with van der Waals surface area (Å²) >= 11 is 0. The molecular formula is C5H7N3O. The SMILES string of the molecule is CCc1coc(N[N])n1. The second-order valence-corrected chi connectivity index (χ2v) is 1.61. The standard InChI is InChI=1S/C5H7N3O/c1-2-4-3-9-5(7-4)8-6/h3H,2H2,1H3,(H,7,8). The summed E-state index contributed by atoms with van der Waals surface area (Å²) in [6, 6.07) is 0.145. The first-order valence-electron chi connectivity index (χ1n) is 2.71. The van der Waals surface area contributed by atoms with Gasteiger partial charge in [0, 0.05) is 0 Å². The largest absolute Gasteiger partial charge is 0.431 e. The number of rotatable bonds is 2. The quantitative estimate of drug-likeness (QED) is 0.590. The molecule has 1 aromatic heterocycles. The first kappa shape index (κ1) is 6.10. The van der Waals surface area contributed by atoms with Crippen LogP contribution in [0.5, 0.6) is 0 Å². The predicted octanol–water partition coefficient (Wildman–Crippen LogP) is 0.633. The summed E-state index contributed by atoms with van der Waals surface area (Å²) in [7, 11) is 0. The number of hydrogen-bond acceptors (Lipinski definition) is 3. The Morgan fingerprint density at radius 2 is 2.67 bits per heavy atom. The van der Waals surface area contributed by atoms with E-state index in [1.165, 1.54) is 6.26 Å². The molecule has 0 unspecified atom stereocenters. The highest BCUT2D eigenvalue weighted by atomic mass is 16.4. The van der Waals surface area contributed by atoms with Gasteiger partial charge in [0.15, 0.2) is 0 Å². The van der Waals surface area contributed by atoms with Crippen LogP contribution in [-0.4, -0.2) is 4.98 Å². The molecule has 0 aromatic carbocycles. The summed E-state index contributed by atoms with van der Waals surface area (Å²) in [5.41, 5.74) is 2.63. The van der Waals surface area contributed by atoms with Crippen molar-refractivity contribution in [2.24, 2.45) is 0 Å². The van der Waals surface area contributed by atoms with Crippen LogP contribution < -0.4 is 11.3 Å². The Balaban J connectivity index is 2.74. The molecule has 0 saturated heterocycles. The highest BCUT2D eigenvalue weighted by Gasteiger charge is 1.97. The summed E-state index contributed by atoms with van der Waals surface area (Å²) in [5, 5.41) is 0. The van der Waals surface area contributed by atoms with Gasteiger partial charge in [0.1, 0.15) is 6.26 Å². The van der Waals surface area contributed by atoms with E-state index in [2.05, 4.69) is 4.98 Å². The first-order valence-corrected chi connectivity index (χ1v) is 2.71. The van der Waals surface area contributed by atoms with Crippen LogP contribution in [0.1, 0.15) is 12.6 Å². The minimum Gasteiger partial charge on any atom is -0.431 e. The molecule has 1 heterocycles. The van der Waals surface area contributed by atoms with E-state index in [0.717, 1.165) is 12.1 Å². The van der Waals surface area contributed by atoms with Gasteiger partial charge in [-0.1, -0.05) is 6.92 Å². The summed E-state index contributed by atoms with van der Waals surface area (Å²) in [6.07, 6.45) is 2.31. The molecule has 0 fully saturated rings. The van der Waals surface area contributed by atoms with Crippen molar-refractivity contribution >= 4 is 6.01 Å². The van der Waals surface area contributed by atoms with Crippen molar-refractivity contribution in [1.29, 1.82) is 0 Å². The van der Waals surface area contributed by atoms with Gasteiger partial charge in [-0.15, -0.1) is 0 Å². The van der Waals surface area contributed by atoms with E-state index in [4.69, 9.17) is 10.3 Å². The molecule has 1 N–H and O–H groups in total. The number of aromatic nitrogens is 1. The van der Waals surface area contributed by atoms with Crippen LogP contribution in [-0.2, 0) is 6.42 Å². The fraction of sp³-hybridized carbons (Fsp3) is 0.400. The van der Waals surface area contributed by atoms with Gasteiger partial charge in [0.2, 0.25) is 0 Å². The fourth-order valence-electron chi connectivity index (χ4n) is 0.521. The molecule has 4 heteroatoms. The number of nitrogens with one attached hydrogen (secondary N) is 1. The summed E-state index contributed by atoms with van der Waals surface area (Å²) < 4.78 is 4.73. The van der Waals surface area contributed by atoms with E-state index in [1.807, 2.05) is 6.92 Å². The molecule has 0 bridgehead atoms. The lowest BCUT2D eigenvalue weighted by atomic mass is 10.4. The molecule has 0 spiro atoms. The average Bonchev–Trinajstić information content (AvgIpc) is 2.34. The third-order valence-corrected chi connectivity index (χ3v) is 1.01. The normalized spacial score (nSPS) is 9.56. The zero-order chi connectivity index (χ0) is 6.69. The number of aryl methyl sites for hydroxylation is 1. The Morgan fingerprint density at radius 3 is 3.00 bits per heavy atom. The van der Waals surface area contributed by atoms with E-state index in [-0.39, 0.29) is 6.01 Å². The van der Waals surface area contributed by atoms with Crippen LogP contribution >= 0.6 is 0 Å². The maximum Gasteiger partial charge on any atom is 0.312 e. The third kappa shape index (κ3) is 1.20. The lowest BCUT2D eigenvalue weighted by molar-refractivity contribution is 0.570. The number of anilines is 1. The third-order valence-electron chi connectivity index (χ3n) is 1.01. The van der Waals surface area contributed by atoms with Gasteiger partial charge in [-0.3, -0.25) is 0 Å². The van der Waals surface area contributed by atoms with Gasteiger partial charge < -0.3 is 4.42 Å². The molecular weight excluding hydrogens is 118 g/mol. The van der Waals surface area contributed by atoms with Crippen molar-refractivity contribution in [3.8, 4) is 0 Å². The first-order chi connectivity index (χ1) is 4.36. The van der Waals surface area contributed by atoms with E-state index >= 15 is 0 Å². The Hall–Kier alpha value is -1.03. The van der Waals surface area contributed by atoms with Gasteiger partial charge in [-0.25, -0.2) is 5.43 Å². The summed E-state index contributed by atoms with van der Waals surface area (Å²) in [4.78, 5) is 3.82. The fourth-order valence-corrected chi connectivity index (χ4v) is 0.521. The van der Waals surface area contributed by atoms with Crippen molar-refractivity contribution in [3.63, 3.8) is 0 Å². The number of nitrogens with zero attached hydrogens (tertiary/aromatic N) is 2. The smallest absolute Gasteiger partial charge is 0.312 e. The highest BCUT2D eigenvalue weighted by Crippen LogP contribution is 2.05. The van der Waals surface area contributed by atoms with Gasteiger partial charge in [0.05, 0.1) is 5.69 Å². The average molecular weight is 125 g/mol. The van der Waals surface area contributed by atoms with Crippen molar-refractivity contribution < 1.29 is 4.42 Å². The molecule has 9 heavy (non-hydrogen) atoms. The zero-order valence-electron chi connectivity index (χ0n) is 5.09. The van der Waals surface area contributed by atoms with Gasteiger partial charge in [0.25, 0.3) is 0 Å². The van der Waals surface area contributed by atoms with Crippen LogP contribution in [0.2, 0.25) is 0 Å². The van der Waals surface area contributed by atoms with E-state index in [1.54, 1.807) is 5.43 Å². The lowest BCUT2D eigenvalue weighted by Crippen LogP contribution is -1.91. The second-order valence-electron chi connectivity index (χ2n) is 1.61. The maximum atomic E-state index is 8.24. The van der Waals surface area contributed by atoms with Crippen molar-refractivity contribution in [2.45, 2.75) is 13.3 Å². The van der Waals surface area contributed by atoms with E-state index in [9.17, 15) is 0 Å². The Kier molecular flexibility index (Phi) is 1.69. The zero-order valence-corrected chi connectivity index (χ0v) is 5.09. The van der Waals surface area contributed by atoms with E-state index < -0.39 is 0 Å². The maximum absolute atomic E-state index is 8.24. The van der Waals surface area contributed by atoms with Gasteiger partial charge >= 0.3 is 6.01 Å². The molecule has 0 amide bonds. The molecule has 0 aliphatic heterocycles. The Bertz CT molecular complexity index is 166.